The van der Waals surface area contributed by atoms with Gasteiger partial charge in [0.25, 0.3) is 11.5 Å². The Morgan fingerprint density at radius 3 is 2.48 bits per heavy atom. The Morgan fingerprint density at radius 2 is 1.79 bits per heavy atom. The Labute approximate surface area is 180 Å². The average molecular weight is 444 g/mol. The second-order valence-corrected chi connectivity index (χ2v) is 8.26. The number of aromatic nitrogens is 2. The number of thiophene rings is 1. The van der Waals surface area contributed by atoms with Crippen molar-refractivity contribution in [1.29, 1.82) is 0 Å². The molecule has 0 radical (unpaired) electrons. The van der Waals surface area contributed by atoms with E-state index in [0.717, 1.165) is 5.56 Å². The van der Waals surface area contributed by atoms with Gasteiger partial charge < -0.3 is 5.32 Å². The topological polar surface area (TPSA) is 64.0 Å². The van der Waals surface area contributed by atoms with Crippen LogP contribution in [0.2, 0.25) is 10.0 Å². The first-order valence-electron chi connectivity index (χ1n) is 8.73. The molecule has 1 amide bonds. The molecule has 0 saturated heterocycles. The maximum absolute atomic E-state index is 13.0. The van der Waals surface area contributed by atoms with Gasteiger partial charge in [-0.15, -0.1) is 11.3 Å². The quantitative estimate of drug-likeness (QED) is 0.460. The molecule has 0 aliphatic heterocycles. The molecule has 0 saturated carbocycles. The number of amides is 1. The minimum Gasteiger partial charge on any atom is -0.319 e. The van der Waals surface area contributed by atoms with E-state index in [1.165, 1.54) is 17.7 Å². The molecule has 2 aromatic carbocycles. The van der Waals surface area contributed by atoms with Crippen molar-refractivity contribution in [2.45, 2.75) is 13.5 Å². The van der Waals surface area contributed by atoms with Crippen LogP contribution in [0.5, 0.6) is 0 Å². The molecule has 0 fully saturated rings. The number of fused-ring (bicyclic) bond motifs is 1. The lowest BCUT2D eigenvalue weighted by molar-refractivity contribution is 0.103. The summed E-state index contributed by atoms with van der Waals surface area (Å²) in [5.41, 5.74) is 1.75. The van der Waals surface area contributed by atoms with Crippen LogP contribution in [0.4, 0.5) is 5.69 Å². The van der Waals surface area contributed by atoms with E-state index in [2.05, 4.69) is 10.3 Å². The molecule has 2 aromatic heterocycles. The predicted molar refractivity (Wildman–Crippen MR) is 119 cm³/mol. The van der Waals surface area contributed by atoms with Gasteiger partial charge in [0.1, 0.15) is 4.83 Å². The summed E-state index contributed by atoms with van der Waals surface area (Å²) in [4.78, 5) is 31.2. The fourth-order valence-corrected chi connectivity index (χ4v) is 4.58. The number of rotatable bonds is 4. The van der Waals surface area contributed by atoms with E-state index in [4.69, 9.17) is 23.2 Å². The van der Waals surface area contributed by atoms with Gasteiger partial charge in [-0.3, -0.25) is 14.2 Å². The minimum atomic E-state index is -0.380. The van der Waals surface area contributed by atoms with Crippen molar-refractivity contribution in [3.05, 3.63) is 91.3 Å². The number of nitrogens with one attached hydrogen (secondary N) is 1. The van der Waals surface area contributed by atoms with E-state index < -0.39 is 0 Å². The first kappa shape index (κ1) is 19.6. The van der Waals surface area contributed by atoms with Crippen LogP contribution in [-0.4, -0.2) is 15.5 Å². The molecule has 0 aliphatic rings. The molecular formula is C21H15Cl2N3O2S. The van der Waals surface area contributed by atoms with Crippen molar-refractivity contribution in [2.75, 3.05) is 5.32 Å². The van der Waals surface area contributed by atoms with Crippen molar-refractivity contribution in [2.24, 2.45) is 0 Å². The SMILES string of the molecule is Cc1c(C(=O)Nc2c(Cl)cccc2Cl)sc2ncn(Cc3ccccc3)c(=O)c12. The Bertz CT molecular complexity index is 1260. The van der Waals surface area contributed by atoms with Crippen LogP contribution < -0.4 is 10.9 Å². The van der Waals surface area contributed by atoms with Crippen LogP contribution in [0.15, 0.2) is 59.7 Å². The fraction of sp³-hybridized carbons (Fsp3) is 0.0952. The zero-order valence-corrected chi connectivity index (χ0v) is 17.6. The number of hydrogen-bond acceptors (Lipinski definition) is 4. The number of carbonyl (C=O) groups excluding carboxylic acids is 1. The van der Waals surface area contributed by atoms with Gasteiger partial charge in [0.15, 0.2) is 0 Å². The number of para-hydroxylation sites is 1. The highest BCUT2D eigenvalue weighted by Crippen LogP contribution is 2.32. The lowest BCUT2D eigenvalue weighted by atomic mass is 10.2. The summed E-state index contributed by atoms with van der Waals surface area (Å²) in [5.74, 6) is -0.380. The van der Waals surface area contributed by atoms with Crippen molar-refractivity contribution in [3.8, 4) is 0 Å². The van der Waals surface area contributed by atoms with Crippen LogP contribution in [0.1, 0.15) is 20.8 Å². The Balaban J connectivity index is 1.71. The third kappa shape index (κ3) is 3.79. The number of hydrogen-bond donors (Lipinski definition) is 1. The molecule has 2 heterocycles. The van der Waals surface area contributed by atoms with Crippen LogP contribution >= 0.6 is 34.5 Å². The van der Waals surface area contributed by atoms with Crippen LogP contribution in [-0.2, 0) is 6.54 Å². The fourth-order valence-electron chi connectivity index (χ4n) is 3.06. The lowest BCUT2D eigenvalue weighted by Crippen LogP contribution is -2.21. The molecule has 0 spiro atoms. The number of halogens is 2. The van der Waals surface area contributed by atoms with Gasteiger partial charge in [0.2, 0.25) is 0 Å². The van der Waals surface area contributed by atoms with Gasteiger partial charge in [-0.2, -0.15) is 0 Å². The second kappa shape index (κ2) is 7.99. The molecular weight excluding hydrogens is 429 g/mol. The number of benzene rings is 2. The van der Waals surface area contributed by atoms with Crippen LogP contribution in [0.3, 0.4) is 0 Å². The Kier molecular flexibility index (Phi) is 5.41. The summed E-state index contributed by atoms with van der Waals surface area (Å²) < 4.78 is 1.55. The van der Waals surface area contributed by atoms with Crippen LogP contribution in [0, 0.1) is 6.92 Å². The lowest BCUT2D eigenvalue weighted by Gasteiger charge is -2.08. The van der Waals surface area contributed by atoms with Crippen molar-refractivity contribution in [3.63, 3.8) is 0 Å². The van der Waals surface area contributed by atoms with E-state index in [-0.39, 0.29) is 11.5 Å². The number of anilines is 1. The van der Waals surface area contributed by atoms with E-state index >= 15 is 0 Å². The van der Waals surface area contributed by atoms with Gasteiger partial charge >= 0.3 is 0 Å². The summed E-state index contributed by atoms with van der Waals surface area (Å²) in [6.45, 7) is 2.16. The van der Waals surface area contributed by atoms with Gasteiger partial charge in [0, 0.05) is 0 Å². The summed E-state index contributed by atoms with van der Waals surface area (Å²) >= 11 is 13.5. The normalized spacial score (nSPS) is 11.0. The largest absolute Gasteiger partial charge is 0.319 e. The highest BCUT2D eigenvalue weighted by molar-refractivity contribution is 7.20. The third-order valence-corrected chi connectivity index (χ3v) is 6.35. The molecule has 1 N–H and O–H groups in total. The van der Waals surface area contributed by atoms with Gasteiger partial charge in [-0.05, 0) is 30.2 Å². The molecule has 29 heavy (non-hydrogen) atoms. The van der Waals surface area contributed by atoms with E-state index in [1.54, 1.807) is 29.7 Å². The molecule has 0 unspecified atom stereocenters. The zero-order valence-electron chi connectivity index (χ0n) is 15.3. The number of aryl methyl sites for hydroxylation is 1. The van der Waals surface area contributed by atoms with E-state index in [1.807, 2.05) is 30.3 Å². The Hall–Kier alpha value is -2.67. The Morgan fingerprint density at radius 1 is 1.10 bits per heavy atom. The summed E-state index contributed by atoms with van der Waals surface area (Å²) in [7, 11) is 0. The summed E-state index contributed by atoms with van der Waals surface area (Å²) in [6.07, 6.45) is 1.51. The van der Waals surface area contributed by atoms with E-state index in [9.17, 15) is 9.59 Å². The molecule has 4 rings (SSSR count). The molecule has 4 aromatic rings. The highest BCUT2D eigenvalue weighted by atomic mass is 35.5. The van der Waals surface area contributed by atoms with Gasteiger partial charge in [-0.25, -0.2) is 4.98 Å². The van der Waals surface area contributed by atoms with Crippen LogP contribution in [0.25, 0.3) is 10.2 Å². The monoisotopic (exact) mass is 443 g/mol. The van der Waals surface area contributed by atoms with Crippen molar-refractivity contribution in [1.82, 2.24) is 9.55 Å². The minimum absolute atomic E-state index is 0.178. The highest BCUT2D eigenvalue weighted by Gasteiger charge is 2.21. The molecule has 0 atom stereocenters. The molecule has 8 heteroatoms. The third-order valence-electron chi connectivity index (χ3n) is 4.52. The number of nitrogens with zero attached hydrogens (tertiary/aromatic N) is 2. The summed E-state index contributed by atoms with van der Waals surface area (Å²) in [6, 6.07) is 14.6. The average Bonchev–Trinajstić information content (AvgIpc) is 3.05. The zero-order chi connectivity index (χ0) is 20.5. The van der Waals surface area contributed by atoms with Crippen molar-refractivity contribution < 1.29 is 4.79 Å². The van der Waals surface area contributed by atoms with E-state index in [0.29, 0.717) is 42.9 Å². The van der Waals surface area contributed by atoms with Crippen molar-refractivity contribution >= 4 is 56.3 Å². The standard InChI is InChI=1S/C21H15Cl2N3O2S/c1-12-16-20(24-11-26(21(16)28)10-13-6-3-2-4-7-13)29-18(12)19(27)25-17-14(22)8-5-9-15(17)23/h2-9,11H,10H2,1H3,(H,25,27). The summed E-state index contributed by atoms with van der Waals surface area (Å²) in [5, 5.41) is 3.87. The van der Waals surface area contributed by atoms with Gasteiger partial charge in [0.05, 0.1) is 38.9 Å². The molecule has 0 aliphatic carbocycles. The molecule has 146 valence electrons. The maximum Gasteiger partial charge on any atom is 0.266 e. The second-order valence-electron chi connectivity index (χ2n) is 6.45. The first-order valence-corrected chi connectivity index (χ1v) is 10.3. The number of carbonyl (C=O) groups is 1. The molecule has 0 bridgehead atoms. The maximum atomic E-state index is 13.0. The first-order chi connectivity index (χ1) is 14.0. The smallest absolute Gasteiger partial charge is 0.266 e. The van der Waals surface area contributed by atoms with Gasteiger partial charge in [-0.1, -0.05) is 59.6 Å². The molecule has 5 nitrogen and oxygen atoms in total. The predicted octanol–water partition coefficient (Wildman–Crippen LogP) is 5.37.